The molecule has 0 saturated heterocycles. The van der Waals surface area contributed by atoms with Crippen LogP contribution in [0.5, 0.6) is 11.5 Å². The third-order valence-corrected chi connectivity index (χ3v) is 4.62. The van der Waals surface area contributed by atoms with Crippen LogP contribution in [0, 0.1) is 10.1 Å². The van der Waals surface area contributed by atoms with Gasteiger partial charge in [-0.1, -0.05) is 18.2 Å². The average molecular weight is 469 g/mol. The van der Waals surface area contributed by atoms with Crippen LogP contribution in [0.1, 0.15) is 21.7 Å². The Balaban J connectivity index is 1.41. The van der Waals surface area contributed by atoms with Crippen molar-refractivity contribution < 1.29 is 32.0 Å². The first-order valence-corrected chi connectivity index (χ1v) is 9.66. The molecule has 4 aromatic rings. The molecular weight excluding hydrogens is 455 g/mol. The van der Waals surface area contributed by atoms with Crippen LogP contribution in [0.25, 0.3) is 11.0 Å². The van der Waals surface area contributed by atoms with Crippen LogP contribution in [0.3, 0.4) is 0 Å². The number of carbonyl (C=O) groups excluding carboxylic acids is 1. The number of halogens is 3. The minimum absolute atomic E-state index is 0.0974. The lowest BCUT2D eigenvalue weighted by molar-refractivity contribution is -0.385. The van der Waals surface area contributed by atoms with Crippen molar-refractivity contribution in [2.75, 3.05) is 0 Å². The molecule has 0 bridgehead atoms. The van der Waals surface area contributed by atoms with Crippen LogP contribution in [0.4, 0.5) is 18.9 Å². The molecule has 0 aliphatic rings. The first kappa shape index (κ1) is 22.5. The molecule has 0 radical (unpaired) electrons. The first-order valence-electron chi connectivity index (χ1n) is 9.66. The number of hydrogen-bond donors (Lipinski definition) is 1. The van der Waals surface area contributed by atoms with Gasteiger partial charge in [0.2, 0.25) is 5.75 Å². The van der Waals surface area contributed by atoms with Gasteiger partial charge in [0.15, 0.2) is 5.76 Å². The molecule has 1 heterocycles. The molecule has 172 valence electrons. The van der Waals surface area contributed by atoms with Crippen LogP contribution < -0.4 is 10.2 Å². The van der Waals surface area contributed by atoms with Crippen LogP contribution >= 0.6 is 0 Å². The molecule has 0 aliphatic carbocycles. The molecule has 0 saturated carbocycles. The van der Waals surface area contributed by atoms with E-state index in [0.29, 0.717) is 23.3 Å². The number of furan rings is 1. The Kier molecular flexibility index (Phi) is 6.00. The van der Waals surface area contributed by atoms with E-state index in [-0.39, 0.29) is 17.3 Å². The largest absolute Gasteiger partial charge is 0.451 e. The number of amides is 1. The number of para-hydroxylation sites is 1. The summed E-state index contributed by atoms with van der Waals surface area (Å²) in [7, 11) is 0. The number of nitrogens with zero attached hydrogens (tertiary/aromatic N) is 2. The van der Waals surface area contributed by atoms with Gasteiger partial charge in [-0.3, -0.25) is 14.9 Å². The van der Waals surface area contributed by atoms with E-state index in [9.17, 15) is 28.1 Å². The molecule has 11 heteroatoms. The third kappa shape index (κ3) is 5.04. The normalized spacial score (nSPS) is 11.6. The molecule has 0 atom stereocenters. The molecule has 1 aromatic heterocycles. The SMILES string of the molecule is O=C(N/N=C/c1ccc(Oc2ccc(C(F)(F)F)cc2[N+](=O)[O-])cc1)c1cc2ccccc2o1. The highest BCUT2D eigenvalue weighted by molar-refractivity contribution is 5.96. The highest BCUT2D eigenvalue weighted by atomic mass is 19.4. The summed E-state index contributed by atoms with van der Waals surface area (Å²) >= 11 is 0. The number of nitrogens with one attached hydrogen (secondary N) is 1. The molecule has 4 rings (SSSR count). The van der Waals surface area contributed by atoms with Gasteiger partial charge < -0.3 is 9.15 Å². The lowest BCUT2D eigenvalue weighted by atomic mass is 10.2. The molecule has 34 heavy (non-hydrogen) atoms. The second-order valence-corrected chi connectivity index (χ2v) is 6.96. The number of carbonyl (C=O) groups is 1. The van der Waals surface area contributed by atoms with E-state index in [1.54, 1.807) is 30.3 Å². The minimum atomic E-state index is -4.72. The Bertz CT molecular complexity index is 1360. The fraction of sp³-hybridized carbons (Fsp3) is 0.0435. The zero-order valence-corrected chi connectivity index (χ0v) is 17.1. The van der Waals surface area contributed by atoms with Gasteiger partial charge in [-0.15, -0.1) is 0 Å². The van der Waals surface area contributed by atoms with E-state index in [1.807, 2.05) is 12.1 Å². The fourth-order valence-electron chi connectivity index (χ4n) is 2.99. The van der Waals surface area contributed by atoms with Crippen molar-refractivity contribution in [1.82, 2.24) is 5.43 Å². The number of ether oxygens (including phenoxy) is 1. The lowest BCUT2D eigenvalue weighted by Gasteiger charge is -2.10. The fourth-order valence-corrected chi connectivity index (χ4v) is 2.99. The number of nitro benzene ring substituents is 1. The standard InChI is InChI=1S/C23H14F3N3O5/c24-23(25,26)16-7-10-20(18(12-16)29(31)32)33-17-8-5-14(6-9-17)13-27-28-22(30)21-11-15-3-1-2-4-19(15)34-21/h1-13H,(H,28,30)/b27-13+. The predicted octanol–water partition coefficient (Wildman–Crippen LogP) is 5.92. The number of benzene rings is 3. The van der Waals surface area contributed by atoms with Gasteiger partial charge >= 0.3 is 17.8 Å². The molecule has 1 N–H and O–H groups in total. The number of hydrogen-bond acceptors (Lipinski definition) is 6. The smallest absolute Gasteiger partial charge is 0.416 e. The highest BCUT2D eigenvalue weighted by Gasteiger charge is 2.33. The molecule has 0 aliphatic heterocycles. The van der Waals surface area contributed by atoms with Gasteiger partial charge in [0.05, 0.1) is 16.7 Å². The van der Waals surface area contributed by atoms with Gasteiger partial charge in [-0.05, 0) is 54.1 Å². The Labute approximate surface area is 189 Å². The van der Waals surface area contributed by atoms with Gasteiger partial charge in [-0.2, -0.15) is 18.3 Å². The summed E-state index contributed by atoms with van der Waals surface area (Å²) in [6, 6.07) is 16.7. The summed E-state index contributed by atoms with van der Waals surface area (Å²) in [4.78, 5) is 22.4. The van der Waals surface area contributed by atoms with E-state index >= 15 is 0 Å². The van der Waals surface area contributed by atoms with Crippen LogP contribution in [-0.2, 0) is 6.18 Å². The van der Waals surface area contributed by atoms with E-state index in [0.717, 1.165) is 11.5 Å². The summed E-state index contributed by atoms with van der Waals surface area (Å²) in [5, 5.41) is 15.8. The molecular formula is C23H14F3N3O5. The zero-order valence-electron chi connectivity index (χ0n) is 17.1. The zero-order chi connectivity index (χ0) is 24.3. The van der Waals surface area contributed by atoms with Crippen LogP contribution in [0.2, 0.25) is 0 Å². The number of hydrazone groups is 1. The number of nitro groups is 1. The van der Waals surface area contributed by atoms with Crippen molar-refractivity contribution >= 4 is 28.8 Å². The summed E-state index contributed by atoms with van der Waals surface area (Å²) in [5.41, 5.74) is 1.50. The van der Waals surface area contributed by atoms with Crippen LogP contribution in [-0.4, -0.2) is 17.0 Å². The van der Waals surface area contributed by atoms with E-state index in [1.165, 1.54) is 18.3 Å². The summed E-state index contributed by atoms with van der Waals surface area (Å²) in [6.07, 6.45) is -3.37. The first-order chi connectivity index (χ1) is 16.2. The Morgan fingerprint density at radius 3 is 2.47 bits per heavy atom. The lowest BCUT2D eigenvalue weighted by Crippen LogP contribution is -2.16. The third-order valence-electron chi connectivity index (χ3n) is 4.62. The Morgan fingerprint density at radius 1 is 1.06 bits per heavy atom. The summed E-state index contributed by atoms with van der Waals surface area (Å²) in [6.45, 7) is 0. The van der Waals surface area contributed by atoms with Gasteiger partial charge in [0, 0.05) is 11.5 Å². The summed E-state index contributed by atoms with van der Waals surface area (Å²) in [5.74, 6) is -0.619. The van der Waals surface area contributed by atoms with Gasteiger partial charge in [-0.25, -0.2) is 5.43 Å². The number of fused-ring (bicyclic) bond motifs is 1. The second kappa shape index (κ2) is 9.06. The van der Waals surface area contributed by atoms with Crippen molar-refractivity contribution in [2.45, 2.75) is 6.18 Å². The predicted molar refractivity (Wildman–Crippen MR) is 116 cm³/mol. The van der Waals surface area contributed by atoms with E-state index in [2.05, 4.69) is 10.5 Å². The monoisotopic (exact) mass is 469 g/mol. The van der Waals surface area contributed by atoms with Crippen molar-refractivity contribution in [3.8, 4) is 11.5 Å². The Morgan fingerprint density at radius 2 is 1.79 bits per heavy atom. The molecule has 1 amide bonds. The Hall–Kier alpha value is -4.67. The maximum atomic E-state index is 12.8. The van der Waals surface area contributed by atoms with Crippen LogP contribution in [0.15, 0.2) is 82.3 Å². The highest BCUT2D eigenvalue weighted by Crippen LogP contribution is 2.37. The van der Waals surface area contributed by atoms with Crippen molar-refractivity contribution in [3.05, 3.63) is 99.8 Å². The van der Waals surface area contributed by atoms with Crippen molar-refractivity contribution in [1.29, 1.82) is 0 Å². The molecule has 8 nitrogen and oxygen atoms in total. The van der Waals surface area contributed by atoms with Crippen molar-refractivity contribution in [2.24, 2.45) is 5.10 Å². The second-order valence-electron chi connectivity index (χ2n) is 6.96. The topological polar surface area (TPSA) is 107 Å². The molecule has 0 unspecified atom stereocenters. The average Bonchev–Trinajstić information content (AvgIpc) is 3.24. The maximum absolute atomic E-state index is 12.8. The van der Waals surface area contributed by atoms with E-state index < -0.39 is 28.3 Å². The number of alkyl halides is 3. The minimum Gasteiger partial charge on any atom is -0.451 e. The summed E-state index contributed by atoms with van der Waals surface area (Å²) < 4.78 is 49.3. The quantitative estimate of drug-likeness (QED) is 0.214. The van der Waals surface area contributed by atoms with E-state index in [4.69, 9.17) is 9.15 Å². The molecule has 0 fully saturated rings. The van der Waals surface area contributed by atoms with Gasteiger partial charge in [0.1, 0.15) is 11.3 Å². The number of rotatable bonds is 6. The molecule has 3 aromatic carbocycles. The molecule has 0 spiro atoms. The van der Waals surface area contributed by atoms with Gasteiger partial charge in [0.25, 0.3) is 0 Å². The van der Waals surface area contributed by atoms with Crippen molar-refractivity contribution in [3.63, 3.8) is 0 Å². The maximum Gasteiger partial charge on any atom is 0.416 e.